The van der Waals surface area contributed by atoms with E-state index in [0.29, 0.717) is 5.69 Å². The molecular formula is C23H24N4O6S. The van der Waals surface area contributed by atoms with Crippen molar-refractivity contribution in [3.8, 4) is 17.9 Å². The average molecular weight is 485 g/mol. The lowest BCUT2D eigenvalue weighted by Gasteiger charge is -2.20. The van der Waals surface area contributed by atoms with E-state index in [0.717, 1.165) is 11.6 Å². The zero-order valence-corrected chi connectivity index (χ0v) is 19.6. The molecule has 34 heavy (non-hydrogen) atoms. The van der Waals surface area contributed by atoms with Crippen LogP contribution in [0, 0.1) is 29.6 Å². The van der Waals surface area contributed by atoms with E-state index in [9.17, 15) is 18.0 Å². The van der Waals surface area contributed by atoms with Gasteiger partial charge in [-0.3, -0.25) is 9.52 Å². The molecule has 1 amide bonds. The highest BCUT2D eigenvalue weighted by Gasteiger charge is 2.23. The van der Waals surface area contributed by atoms with Crippen LogP contribution in [0.2, 0.25) is 0 Å². The fourth-order valence-corrected chi connectivity index (χ4v) is 4.13. The third-order valence-corrected chi connectivity index (χ3v) is 6.06. The van der Waals surface area contributed by atoms with E-state index in [-0.39, 0.29) is 42.1 Å². The summed E-state index contributed by atoms with van der Waals surface area (Å²) in [4.78, 5) is 25.9. The van der Waals surface area contributed by atoms with Gasteiger partial charge in [-0.1, -0.05) is 17.7 Å². The van der Waals surface area contributed by atoms with Crippen molar-refractivity contribution in [3.05, 3.63) is 53.6 Å². The smallest absolute Gasteiger partial charge is 0.338 e. The van der Waals surface area contributed by atoms with Crippen molar-refractivity contribution in [1.82, 2.24) is 4.90 Å². The van der Waals surface area contributed by atoms with Crippen molar-refractivity contribution in [2.24, 2.45) is 0 Å². The monoisotopic (exact) mass is 484 g/mol. The molecule has 0 spiro atoms. The summed E-state index contributed by atoms with van der Waals surface area (Å²) < 4.78 is 38.5. The highest BCUT2D eigenvalue weighted by atomic mass is 32.2. The van der Waals surface area contributed by atoms with Crippen LogP contribution in [0.15, 0.2) is 47.4 Å². The molecule has 0 radical (unpaired) electrons. The minimum Gasteiger partial charge on any atom is -0.495 e. The Bertz CT molecular complexity index is 1200. The highest BCUT2D eigenvalue weighted by Crippen LogP contribution is 2.27. The number of aryl methyl sites for hydroxylation is 1. The normalized spacial score (nSPS) is 10.5. The molecule has 0 fully saturated rings. The topological polar surface area (TPSA) is 150 Å². The molecule has 10 nitrogen and oxygen atoms in total. The third-order valence-electron chi connectivity index (χ3n) is 4.66. The van der Waals surface area contributed by atoms with Crippen molar-refractivity contribution in [2.45, 2.75) is 24.7 Å². The van der Waals surface area contributed by atoms with Gasteiger partial charge >= 0.3 is 5.97 Å². The Morgan fingerprint density at radius 1 is 1.03 bits per heavy atom. The molecule has 2 rings (SSSR count). The van der Waals surface area contributed by atoms with Crippen molar-refractivity contribution in [2.75, 3.05) is 31.5 Å². The summed E-state index contributed by atoms with van der Waals surface area (Å²) in [7, 11) is -2.81. The van der Waals surface area contributed by atoms with E-state index in [1.807, 2.05) is 19.1 Å². The molecule has 2 aromatic rings. The lowest BCUT2D eigenvalue weighted by atomic mass is 10.2. The molecule has 0 saturated heterocycles. The fraction of sp³-hybridized carbons (Fsp3) is 0.304. The van der Waals surface area contributed by atoms with Gasteiger partial charge in [-0.25, -0.2) is 13.2 Å². The zero-order valence-electron chi connectivity index (χ0n) is 18.8. The van der Waals surface area contributed by atoms with Gasteiger partial charge in [-0.15, -0.1) is 0 Å². The van der Waals surface area contributed by atoms with E-state index in [1.54, 1.807) is 24.3 Å². The average Bonchev–Trinajstić information content (AvgIpc) is 2.83. The number of rotatable bonds is 11. The number of hydrogen-bond donors (Lipinski definition) is 1. The number of methoxy groups -OCH3 is 1. The van der Waals surface area contributed by atoms with E-state index in [2.05, 4.69) is 4.72 Å². The van der Waals surface area contributed by atoms with E-state index in [1.165, 1.54) is 24.1 Å². The van der Waals surface area contributed by atoms with E-state index < -0.39 is 28.5 Å². The predicted molar refractivity (Wildman–Crippen MR) is 122 cm³/mol. The standard InChI is InChI=1S/C23H24N4O6S/c1-17-5-8-19(9-6-17)26-34(30,31)21-15-18(7-10-20(21)32-2)23(29)33-16-22(28)27(13-3-11-24)14-4-12-25/h5-10,15,26H,3-4,13-14,16H2,1-2H3. The number of nitriles is 2. The number of sulfonamides is 1. The van der Waals surface area contributed by atoms with Gasteiger partial charge in [0.25, 0.3) is 15.9 Å². The van der Waals surface area contributed by atoms with Gasteiger partial charge in [0.2, 0.25) is 0 Å². The molecule has 0 aliphatic carbocycles. The van der Waals surface area contributed by atoms with E-state index >= 15 is 0 Å². The Labute approximate surface area is 198 Å². The van der Waals surface area contributed by atoms with Crippen LogP contribution in [0.5, 0.6) is 5.75 Å². The van der Waals surface area contributed by atoms with Gasteiger partial charge in [0.15, 0.2) is 6.61 Å². The molecule has 0 unspecified atom stereocenters. The van der Waals surface area contributed by atoms with Crippen LogP contribution in [-0.4, -0.2) is 52.0 Å². The lowest BCUT2D eigenvalue weighted by molar-refractivity contribution is -0.134. The first kappa shape index (κ1) is 26.2. The molecule has 0 saturated carbocycles. The van der Waals surface area contributed by atoms with Crippen LogP contribution >= 0.6 is 0 Å². The Kier molecular flexibility index (Phi) is 9.41. The number of esters is 1. The van der Waals surface area contributed by atoms with Crippen molar-refractivity contribution in [1.29, 1.82) is 10.5 Å². The van der Waals surface area contributed by atoms with Gasteiger partial charge in [-0.05, 0) is 37.3 Å². The predicted octanol–water partition coefficient (Wildman–Crippen LogP) is 2.62. The first-order valence-corrected chi connectivity index (χ1v) is 11.7. The molecule has 2 aromatic carbocycles. The maximum atomic E-state index is 12.9. The summed E-state index contributed by atoms with van der Waals surface area (Å²) in [5, 5.41) is 17.5. The second-order valence-electron chi connectivity index (χ2n) is 7.11. The van der Waals surface area contributed by atoms with Gasteiger partial charge in [0.1, 0.15) is 10.6 Å². The summed E-state index contributed by atoms with van der Waals surface area (Å²) >= 11 is 0. The van der Waals surface area contributed by atoms with Gasteiger partial charge in [0.05, 0.1) is 37.7 Å². The Morgan fingerprint density at radius 3 is 2.21 bits per heavy atom. The molecule has 0 aliphatic rings. The molecule has 178 valence electrons. The number of benzene rings is 2. The Balaban J connectivity index is 2.18. The fourth-order valence-electron chi connectivity index (χ4n) is 2.88. The van der Waals surface area contributed by atoms with Gasteiger partial charge in [0, 0.05) is 18.8 Å². The summed E-state index contributed by atoms with van der Waals surface area (Å²) in [6.45, 7) is 1.45. The molecule has 0 aliphatic heterocycles. The maximum Gasteiger partial charge on any atom is 0.338 e. The second-order valence-corrected chi connectivity index (χ2v) is 8.76. The van der Waals surface area contributed by atoms with Crippen LogP contribution in [0.4, 0.5) is 5.69 Å². The quantitative estimate of drug-likeness (QED) is 0.478. The molecule has 0 aromatic heterocycles. The first-order chi connectivity index (χ1) is 16.2. The number of hydrogen-bond acceptors (Lipinski definition) is 8. The summed E-state index contributed by atoms with van der Waals surface area (Å²) in [5.41, 5.74) is 1.19. The van der Waals surface area contributed by atoms with Gasteiger partial charge in [-0.2, -0.15) is 10.5 Å². The minimum absolute atomic E-state index is 0.0198. The van der Waals surface area contributed by atoms with Crippen LogP contribution in [0.3, 0.4) is 0 Å². The van der Waals surface area contributed by atoms with Crippen molar-refractivity contribution in [3.63, 3.8) is 0 Å². The second kappa shape index (κ2) is 12.2. The molecular weight excluding hydrogens is 460 g/mol. The number of carbonyl (C=O) groups is 2. The van der Waals surface area contributed by atoms with Crippen molar-refractivity contribution >= 4 is 27.6 Å². The number of anilines is 1. The van der Waals surface area contributed by atoms with Crippen LogP contribution in [0.1, 0.15) is 28.8 Å². The number of nitrogens with zero attached hydrogens (tertiary/aromatic N) is 3. The summed E-state index contributed by atoms with van der Waals surface area (Å²) in [5.74, 6) is -1.46. The van der Waals surface area contributed by atoms with Crippen LogP contribution in [-0.2, 0) is 19.6 Å². The molecule has 11 heteroatoms. The first-order valence-electron chi connectivity index (χ1n) is 10.2. The number of nitrogens with one attached hydrogen (secondary N) is 1. The van der Waals surface area contributed by atoms with Gasteiger partial charge < -0.3 is 14.4 Å². The summed E-state index contributed by atoms with van der Waals surface area (Å²) in [6.07, 6.45) is 0.137. The molecule has 0 atom stereocenters. The SMILES string of the molecule is COc1ccc(C(=O)OCC(=O)N(CCC#N)CCC#N)cc1S(=O)(=O)Nc1ccc(C)cc1. The lowest BCUT2D eigenvalue weighted by Crippen LogP contribution is -2.36. The molecule has 0 bridgehead atoms. The van der Waals surface area contributed by atoms with Crippen LogP contribution in [0.25, 0.3) is 0 Å². The minimum atomic E-state index is -4.11. The number of carbonyl (C=O) groups excluding carboxylic acids is 2. The molecule has 0 heterocycles. The number of ether oxygens (including phenoxy) is 2. The maximum absolute atomic E-state index is 12.9. The summed E-state index contributed by atoms with van der Waals surface area (Å²) in [6, 6.07) is 14.3. The third kappa shape index (κ3) is 7.22. The number of amides is 1. The molecule has 1 N–H and O–H groups in total. The Hall–Kier alpha value is -4.09. The van der Waals surface area contributed by atoms with E-state index in [4.69, 9.17) is 20.0 Å². The largest absolute Gasteiger partial charge is 0.495 e. The Morgan fingerprint density at radius 2 is 1.65 bits per heavy atom. The highest BCUT2D eigenvalue weighted by molar-refractivity contribution is 7.92. The zero-order chi connectivity index (χ0) is 25.1. The van der Waals surface area contributed by atoms with Crippen LogP contribution < -0.4 is 9.46 Å². The van der Waals surface area contributed by atoms with Crippen molar-refractivity contribution < 1.29 is 27.5 Å².